The third kappa shape index (κ3) is 4.24. The lowest BCUT2D eigenvalue weighted by Gasteiger charge is -2.08. The van der Waals surface area contributed by atoms with Gasteiger partial charge in [-0.1, -0.05) is 6.07 Å². The van der Waals surface area contributed by atoms with Crippen LogP contribution in [0.2, 0.25) is 0 Å². The van der Waals surface area contributed by atoms with Crippen LogP contribution in [0.3, 0.4) is 0 Å². The number of ether oxygens (including phenoxy) is 1. The molecule has 108 valence electrons. The number of amides is 2. The Morgan fingerprint density at radius 3 is 2.48 bits per heavy atom. The quantitative estimate of drug-likeness (QED) is 0.775. The van der Waals surface area contributed by atoms with Gasteiger partial charge in [0.05, 0.1) is 0 Å². The van der Waals surface area contributed by atoms with Crippen molar-refractivity contribution in [3.63, 3.8) is 0 Å². The van der Waals surface area contributed by atoms with E-state index in [-0.39, 0.29) is 18.3 Å². The molecule has 21 heavy (non-hydrogen) atoms. The molecule has 0 aliphatic heterocycles. The highest BCUT2D eigenvalue weighted by atomic mass is 16.5. The largest absolute Gasteiger partial charge is 0.508 e. The van der Waals surface area contributed by atoms with E-state index in [9.17, 15) is 14.7 Å². The first kappa shape index (κ1) is 14.4. The first-order valence-corrected chi connectivity index (χ1v) is 6.16. The van der Waals surface area contributed by atoms with Crippen molar-refractivity contribution < 1.29 is 19.4 Å². The summed E-state index contributed by atoms with van der Waals surface area (Å²) in [5, 5.41) is 11.9. The number of nitrogens with one attached hydrogen (secondary N) is 1. The summed E-state index contributed by atoms with van der Waals surface area (Å²) < 4.78 is 5.28. The monoisotopic (exact) mass is 286 g/mol. The van der Waals surface area contributed by atoms with Gasteiger partial charge in [-0.2, -0.15) is 0 Å². The third-order valence-corrected chi connectivity index (χ3v) is 2.64. The molecular weight excluding hydrogens is 272 g/mol. The molecular formula is C15H14N2O4. The lowest BCUT2D eigenvalue weighted by Crippen LogP contribution is -2.20. The second-order valence-corrected chi connectivity index (χ2v) is 4.28. The summed E-state index contributed by atoms with van der Waals surface area (Å²) >= 11 is 0. The minimum absolute atomic E-state index is 0.0655. The lowest BCUT2D eigenvalue weighted by molar-refractivity contribution is -0.118. The van der Waals surface area contributed by atoms with Crippen LogP contribution >= 0.6 is 0 Å². The number of hydrogen-bond donors (Lipinski definition) is 3. The van der Waals surface area contributed by atoms with Crippen molar-refractivity contribution in [2.45, 2.75) is 0 Å². The second-order valence-electron chi connectivity index (χ2n) is 4.28. The van der Waals surface area contributed by atoms with E-state index in [1.165, 1.54) is 24.3 Å². The highest BCUT2D eigenvalue weighted by Crippen LogP contribution is 2.15. The predicted octanol–water partition coefficient (Wildman–Crippen LogP) is 1.51. The molecule has 0 fully saturated rings. The van der Waals surface area contributed by atoms with Gasteiger partial charge in [0.25, 0.3) is 5.91 Å². The van der Waals surface area contributed by atoms with Crippen LogP contribution in [0.25, 0.3) is 0 Å². The van der Waals surface area contributed by atoms with E-state index in [1.807, 2.05) is 0 Å². The van der Waals surface area contributed by atoms with Gasteiger partial charge in [-0.15, -0.1) is 0 Å². The van der Waals surface area contributed by atoms with Gasteiger partial charge in [0, 0.05) is 17.3 Å². The van der Waals surface area contributed by atoms with Gasteiger partial charge in [-0.25, -0.2) is 0 Å². The van der Waals surface area contributed by atoms with E-state index in [0.29, 0.717) is 17.0 Å². The Balaban J connectivity index is 1.87. The number of phenolic OH excluding ortho intramolecular Hbond substituents is 1. The van der Waals surface area contributed by atoms with E-state index in [1.54, 1.807) is 24.3 Å². The molecule has 0 saturated carbocycles. The topological polar surface area (TPSA) is 102 Å². The zero-order valence-electron chi connectivity index (χ0n) is 11.1. The van der Waals surface area contributed by atoms with E-state index in [0.717, 1.165) is 0 Å². The Morgan fingerprint density at radius 1 is 1.14 bits per heavy atom. The molecule has 2 amide bonds. The molecule has 0 saturated heterocycles. The van der Waals surface area contributed by atoms with Crippen LogP contribution in [-0.2, 0) is 4.79 Å². The maximum absolute atomic E-state index is 11.7. The van der Waals surface area contributed by atoms with E-state index >= 15 is 0 Å². The molecule has 0 heterocycles. The molecule has 0 aliphatic carbocycles. The predicted molar refractivity (Wildman–Crippen MR) is 77.2 cm³/mol. The maximum Gasteiger partial charge on any atom is 0.262 e. The third-order valence-electron chi connectivity index (χ3n) is 2.64. The van der Waals surface area contributed by atoms with Gasteiger partial charge in [-0.05, 0) is 36.4 Å². The smallest absolute Gasteiger partial charge is 0.262 e. The Bertz CT molecular complexity index is 653. The number of carbonyl (C=O) groups excluding carboxylic acids is 2. The second kappa shape index (κ2) is 6.42. The number of aromatic hydroxyl groups is 1. The molecule has 4 N–H and O–H groups in total. The van der Waals surface area contributed by atoms with E-state index in [2.05, 4.69) is 5.32 Å². The number of nitrogens with two attached hydrogens (primary N) is 1. The van der Waals surface area contributed by atoms with Crippen LogP contribution in [0.5, 0.6) is 11.5 Å². The maximum atomic E-state index is 11.7. The molecule has 0 unspecified atom stereocenters. The van der Waals surface area contributed by atoms with Gasteiger partial charge in [0.2, 0.25) is 5.91 Å². The summed E-state index contributed by atoms with van der Waals surface area (Å²) in [5.74, 6) is -0.371. The molecule has 0 spiro atoms. The fourth-order valence-corrected chi connectivity index (χ4v) is 1.65. The summed E-state index contributed by atoms with van der Waals surface area (Å²) in [6, 6.07) is 12.4. The van der Waals surface area contributed by atoms with E-state index < -0.39 is 5.91 Å². The molecule has 0 bridgehead atoms. The molecule has 2 rings (SSSR count). The summed E-state index contributed by atoms with van der Waals surface area (Å²) in [6.07, 6.45) is 0. The average Bonchev–Trinajstić information content (AvgIpc) is 2.45. The van der Waals surface area contributed by atoms with Gasteiger partial charge in [0.1, 0.15) is 11.5 Å². The number of benzene rings is 2. The minimum Gasteiger partial charge on any atom is -0.508 e. The van der Waals surface area contributed by atoms with Crippen molar-refractivity contribution in [2.24, 2.45) is 5.73 Å². The standard InChI is InChI=1S/C15H14N2O4/c16-15(20)10-4-6-13(7-5-10)21-9-14(19)17-11-2-1-3-12(18)8-11/h1-8,18H,9H2,(H2,16,20)(H,17,19). The zero-order valence-corrected chi connectivity index (χ0v) is 11.1. The first-order valence-electron chi connectivity index (χ1n) is 6.16. The number of primary amides is 1. The van der Waals surface area contributed by atoms with Crippen molar-refractivity contribution in [1.82, 2.24) is 0 Å². The molecule has 6 heteroatoms. The normalized spacial score (nSPS) is 9.90. The summed E-state index contributed by atoms with van der Waals surface area (Å²) in [7, 11) is 0. The van der Waals surface area contributed by atoms with Crippen LogP contribution in [0, 0.1) is 0 Å². The number of hydrogen-bond acceptors (Lipinski definition) is 4. The van der Waals surface area contributed by atoms with Crippen LogP contribution in [0.15, 0.2) is 48.5 Å². The molecule has 2 aromatic rings. The lowest BCUT2D eigenvalue weighted by atomic mass is 10.2. The zero-order chi connectivity index (χ0) is 15.2. The van der Waals surface area contributed by atoms with Gasteiger partial charge in [0.15, 0.2) is 6.61 Å². The summed E-state index contributed by atoms with van der Waals surface area (Å²) in [4.78, 5) is 22.6. The van der Waals surface area contributed by atoms with E-state index in [4.69, 9.17) is 10.5 Å². The Labute approximate surface area is 121 Å². The average molecular weight is 286 g/mol. The SMILES string of the molecule is NC(=O)c1ccc(OCC(=O)Nc2cccc(O)c2)cc1. The molecule has 0 aliphatic rings. The molecule has 0 atom stereocenters. The van der Waals surface area contributed by atoms with Crippen molar-refractivity contribution in [2.75, 3.05) is 11.9 Å². The molecule has 0 radical (unpaired) electrons. The number of phenols is 1. The van der Waals surface area contributed by atoms with Crippen LogP contribution in [0.4, 0.5) is 5.69 Å². The summed E-state index contributed by atoms with van der Waals surface area (Å²) in [6.45, 7) is -0.189. The fraction of sp³-hybridized carbons (Fsp3) is 0.0667. The van der Waals surface area contributed by atoms with Crippen LogP contribution in [-0.4, -0.2) is 23.5 Å². The summed E-state index contributed by atoms with van der Waals surface area (Å²) in [5.41, 5.74) is 5.97. The van der Waals surface area contributed by atoms with Crippen LogP contribution < -0.4 is 15.8 Å². The molecule has 6 nitrogen and oxygen atoms in total. The number of anilines is 1. The number of carbonyl (C=O) groups is 2. The minimum atomic E-state index is -0.525. The van der Waals surface area contributed by atoms with Gasteiger partial charge in [-0.3, -0.25) is 9.59 Å². The van der Waals surface area contributed by atoms with Gasteiger partial charge < -0.3 is 20.9 Å². The Kier molecular flexibility index (Phi) is 4.40. The highest BCUT2D eigenvalue weighted by Gasteiger charge is 2.05. The Hall–Kier alpha value is -3.02. The molecule has 0 aromatic heterocycles. The van der Waals surface area contributed by atoms with Crippen LogP contribution in [0.1, 0.15) is 10.4 Å². The Morgan fingerprint density at radius 2 is 1.86 bits per heavy atom. The number of rotatable bonds is 5. The highest BCUT2D eigenvalue weighted by molar-refractivity contribution is 5.93. The van der Waals surface area contributed by atoms with Gasteiger partial charge >= 0.3 is 0 Å². The van der Waals surface area contributed by atoms with Crippen molar-refractivity contribution in [1.29, 1.82) is 0 Å². The van der Waals surface area contributed by atoms with Crippen molar-refractivity contribution >= 4 is 17.5 Å². The van der Waals surface area contributed by atoms with Crippen molar-refractivity contribution in [3.05, 3.63) is 54.1 Å². The van der Waals surface area contributed by atoms with Crippen molar-refractivity contribution in [3.8, 4) is 11.5 Å². The first-order chi connectivity index (χ1) is 10.0. The molecule has 2 aromatic carbocycles. The fourth-order valence-electron chi connectivity index (χ4n) is 1.65.